The summed E-state index contributed by atoms with van der Waals surface area (Å²) in [5.41, 5.74) is 1.64. The van der Waals surface area contributed by atoms with Crippen LogP contribution in [0.1, 0.15) is 47.2 Å². The van der Waals surface area contributed by atoms with E-state index in [0.29, 0.717) is 24.2 Å². The van der Waals surface area contributed by atoms with Crippen LogP contribution in [0.4, 0.5) is 0 Å². The van der Waals surface area contributed by atoms with Gasteiger partial charge in [-0.15, -0.1) is 6.42 Å². The Labute approximate surface area is 219 Å². The van der Waals surface area contributed by atoms with Gasteiger partial charge in [0.1, 0.15) is 5.75 Å². The third-order valence-electron chi connectivity index (χ3n) is 7.01. The Bertz CT molecular complexity index is 1540. The fourth-order valence-corrected chi connectivity index (χ4v) is 7.80. The zero-order chi connectivity index (χ0) is 26.2. The summed E-state index contributed by atoms with van der Waals surface area (Å²) in [5, 5.41) is 2.17. The fraction of sp³-hybridized carbons (Fsp3) is 0.290. The summed E-state index contributed by atoms with van der Waals surface area (Å²) in [6.07, 6.45) is 9.00. The highest BCUT2D eigenvalue weighted by Gasteiger charge is 2.36. The van der Waals surface area contributed by atoms with Crippen LogP contribution in [0.3, 0.4) is 0 Å². The number of thiophene rings is 1. The lowest BCUT2D eigenvalue weighted by molar-refractivity contribution is -0.156. The molecule has 3 aromatic carbocycles. The lowest BCUT2D eigenvalue weighted by Crippen LogP contribution is -2.32. The van der Waals surface area contributed by atoms with Gasteiger partial charge in [0.05, 0.1) is 12.7 Å². The van der Waals surface area contributed by atoms with Gasteiger partial charge in [-0.2, -0.15) is 0 Å². The van der Waals surface area contributed by atoms with E-state index in [1.807, 2.05) is 44.2 Å². The van der Waals surface area contributed by atoms with Crippen LogP contribution in [0.2, 0.25) is 0 Å². The summed E-state index contributed by atoms with van der Waals surface area (Å²) in [7, 11) is 1.06. The van der Waals surface area contributed by atoms with Gasteiger partial charge in [0.2, 0.25) is 0 Å². The van der Waals surface area contributed by atoms with E-state index in [0.717, 1.165) is 39.6 Å². The second-order valence-electron chi connectivity index (χ2n) is 9.50. The molecule has 5 rings (SSSR count). The van der Waals surface area contributed by atoms with E-state index in [1.54, 1.807) is 0 Å². The van der Waals surface area contributed by atoms with Crippen LogP contribution >= 0.6 is 10.5 Å². The number of methoxy groups -OCH3 is 1. The Hall–Kier alpha value is -3.82. The highest BCUT2D eigenvalue weighted by Crippen LogP contribution is 2.49. The molecule has 4 aromatic rings. The van der Waals surface area contributed by atoms with Crippen molar-refractivity contribution in [3.05, 3.63) is 71.3 Å². The largest absolute Gasteiger partial charge is 0.481 e. The smallest absolute Gasteiger partial charge is 0.345 e. The van der Waals surface area contributed by atoms with Crippen LogP contribution in [-0.4, -0.2) is 31.3 Å². The molecule has 1 heterocycles. The van der Waals surface area contributed by atoms with Crippen molar-refractivity contribution >= 4 is 42.6 Å². The minimum absolute atomic E-state index is 0.182. The number of hydrogen-bond donors (Lipinski definition) is 0. The number of esters is 2. The number of aryl methyl sites for hydroxylation is 2. The van der Waals surface area contributed by atoms with Gasteiger partial charge in [-0.05, 0) is 81.0 Å². The van der Waals surface area contributed by atoms with Gasteiger partial charge in [0.25, 0.3) is 0 Å². The van der Waals surface area contributed by atoms with Crippen molar-refractivity contribution in [2.75, 3.05) is 13.7 Å². The van der Waals surface area contributed by atoms with Crippen LogP contribution in [0.25, 0.3) is 25.1 Å². The molecule has 6 heteroatoms. The second-order valence-corrected chi connectivity index (χ2v) is 11.5. The molecule has 0 spiro atoms. The van der Waals surface area contributed by atoms with Gasteiger partial charge < -0.3 is 14.2 Å². The Morgan fingerprint density at radius 2 is 1.65 bits per heavy atom. The predicted octanol–water partition coefficient (Wildman–Crippen LogP) is 7.00. The minimum Gasteiger partial charge on any atom is -0.481 e. The second kappa shape index (κ2) is 9.91. The average molecular weight is 514 g/mol. The molecule has 1 fully saturated rings. The first kappa shape index (κ1) is 24.9. The summed E-state index contributed by atoms with van der Waals surface area (Å²) in [5.74, 6) is 2.57. The summed E-state index contributed by atoms with van der Waals surface area (Å²) in [4.78, 5) is 25.9. The molecule has 1 unspecified atom stereocenters. The Kier molecular flexibility index (Phi) is 6.66. The predicted molar refractivity (Wildman–Crippen MR) is 148 cm³/mol. The molecule has 0 aliphatic heterocycles. The van der Waals surface area contributed by atoms with E-state index in [9.17, 15) is 9.59 Å². The minimum atomic E-state index is -0.785. The topological polar surface area (TPSA) is 61.8 Å². The van der Waals surface area contributed by atoms with E-state index in [1.165, 1.54) is 16.5 Å². The van der Waals surface area contributed by atoms with Gasteiger partial charge in [-0.1, -0.05) is 18.1 Å². The van der Waals surface area contributed by atoms with Gasteiger partial charge in [-0.3, -0.25) is 0 Å². The number of rotatable bonds is 6. The molecule has 5 nitrogen and oxygen atoms in total. The molecule has 0 saturated heterocycles. The molecule has 0 amide bonds. The molecule has 1 aliphatic carbocycles. The third kappa shape index (κ3) is 4.56. The Morgan fingerprint density at radius 1 is 0.973 bits per heavy atom. The van der Waals surface area contributed by atoms with Crippen LogP contribution in [0, 0.1) is 26.2 Å². The molecular formula is C31H29O5S+. The lowest BCUT2D eigenvalue weighted by atomic mass is 10.0. The molecule has 0 radical (unpaired) electrons. The number of fused-ring (bicyclic) bond motifs is 3. The molecule has 1 atom stereocenters. The van der Waals surface area contributed by atoms with Gasteiger partial charge in [-0.25, -0.2) is 9.59 Å². The van der Waals surface area contributed by atoms with Crippen LogP contribution in [-0.2, 0) is 14.3 Å². The fourth-order valence-electron chi connectivity index (χ4n) is 5.26. The van der Waals surface area contributed by atoms with Crippen LogP contribution in [0.5, 0.6) is 5.75 Å². The van der Waals surface area contributed by atoms with Crippen molar-refractivity contribution in [1.82, 2.24) is 0 Å². The molecule has 1 saturated carbocycles. The zero-order valence-corrected chi connectivity index (χ0v) is 22.1. The molecule has 1 aliphatic rings. The average Bonchev–Trinajstić information content (AvgIpc) is 3.50. The first-order chi connectivity index (χ1) is 17.9. The highest BCUT2D eigenvalue weighted by atomic mass is 32.2. The third-order valence-corrected chi connectivity index (χ3v) is 9.30. The van der Waals surface area contributed by atoms with E-state index in [-0.39, 0.29) is 23.0 Å². The summed E-state index contributed by atoms with van der Waals surface area (Å²) in [6, 6.07) is 18.3. The number of carbonyl (C=O) groups is 2. The number of ether oxygens (including phenoxy) is 3. The summed E-state index contributed by atoms with van der Waals surface area (Å²) in [6.45, 7) is 3.80. The number of carbonyl (C=O) groups excluding carboxylic acids is 2. The number of benzene rings is 3. The quantitative estimate of drug-likeness (QED) is 0.158. The van der Waals surface area contributed by atoms with Gasteiger partial charge >= 0.3 is 11.9 Å². The lowest BCUT2D eigenvalue weighted by Gasteiger charge is -2.23. The van der Waals surface area contributed by atoms with E-state index in [2.05, 4.69) is 30.2 Å². The highest BCUT2D eigenvalue weighted by molar-refractivity contribution is 7.50. The maximum atomic E-state index is 12.5. The molecule has 1 aromatic heterocycles. The molecule has 0 bridgehead atoms. The van der Waals surface area contributed by atoms with Gasteiger partial charge in [0.15, 0.2) is 26.5 Å². The SMILES string of the molecule is C#CC1(OC(=O)COc2c(C)cc(-[s+]3c4ccccc4c4cc(C(=O)OC)ccc43)cc2C)CCCC1. The maximum absolute atomic E-state index is 12.5. The van der Waals surface area contributed by atoms with Crippen LogP contribution < -0.4 is 4.74 Å². The standard InChI is InChI=1S/C31H29O5S/c1-5-31(14-8-9-15-31)36-28(32)19-35-29-20(2)16-23(17-21(29)3)37-26-11-7-6-10-24(26)25-18-22(30(33)34-4)12-13-27(25)37/h1,6-7,10-13,16-18H,8-9,14-15,19H2,2-4H3/q+1. The van der Waals surface area contributed by atoms with Crippen molar-refractivity contribution in [1.29, 1.82) is 0 Å². The molecule has 0 N–H and O–H groups in total. The number of hydrogen-bond acceptors (Lipinski definition) is 5. The summed E-state index contributed by atoms with van der Waals surface area (Å²) < 4.78 is 18.9. The molecule has 37 heavy (non-hydrogen) atoms. The van der Waals surface area contributed by atoms with Crippen LogP contribution in [0.15, 0.2) is 54.6 Å². The Balaban J connectivity index is 1.48. The normalized spacial score (nSPS) is 14.9. The van der Waals surface area contributed by atoms with Gasteiger partial charge in [0, 0.05) is 33.4 Å². The van der Waals surface area contributed by atoms with Crippen molar-refractivity contribution in [2.45, 2.75) is 45.1 Å². The molecule has 188 valence electrons. The number of terminal acetylenes is 1. The first-order valence-corrected chi connectivity index (χ1v) is 13.6. The maximum Gasteiger partial charge on any atom is 0.345 e. The monoisotopic (exact) mass is 513 g/mol. The van der Waals surface area contributed by atoms with E-state index in [4.69, 9.17) is 20.6 Å². The van der Waals surface area contributed by atoms with Crippen molar-refractivity contribution in [3.8, 4) is 23.0 Å². The summed E-state index contributed by atoms with van der Waals surface area (Å²) >= 11 is 0. The van der Waals surface area contributed by atoms with Crippen molar-refractivity contribution in [2.24, 2.45) is 0 Å². The zero-order valence-electron chi connectivity index (χ0n) is 21.3. The van der Waals surface area contributed by atoms with Crippen molar-refractivity contribution in [3.63, 3.8) is 0 Å². The van der Waals surface area contributed by atoms with Crippen molar-refractivity contribution < 1.29 is 23.8 Å². The Morgan fingerprint density at radius 3 is 2.32 bits per heavy atom. The van der Waals surface area contributed by atoms with E-state index >= 15 is 0 Å². The first-order valence-electron chi connectivity index (χ1n) is 12.4. The van der Waals surface area contributed by atoms with E-state index < -0.39 is 11.6 Å². The molecular weight excluding hydrogens is 484 g/mol.